The van der Waals surface area contributed by atoms with E-state index in [1.54, 1.807) is 12.1 Å². The van der Waals surface area contributed by atoms with Gasteiger partial charge in [0, 0.05) is 5.92 Å². The lowest BCUT2D eigenvalue weighted by Crippen LogP contribution is -2.25. The minimum atomic E-state index is -0.243. The number of carbonyl (C=O) groups is 1. The minimum absolute atomic E-state index is 0.0736. The molecule has 2 rings (SSSR count). The summed E-state index contributed by atoms with van der Waals surface area (Å²) in [5, 5.41) is 0. The van der Waals surface area contributed by atoms with Crippen molar-refractivity contribution in [2.24, 2.45) is 11.7 Å². The number of rotatable bonds is 2. The van der Waals surface area contributed by atoms with Gasteiger partial charge in [-0.25, -0.2) is 4.39 Å². The zero-order valence-electron chi connectivity index (χ0n) is 8.45. The molecule has 0 saturated heterocycles. The van der Waals surface area contributed by atoms with Crippen LogP contribution in [0, 0.1) is 11.7 Å². The van der Waals surface area contributed by atoms with Crippen LogP contribution in [0.1, 0.15) is 30.7 Å². The molecule has 0 bridgehead atoms. The van der Waals surface area contributed by atoms with Gasteiger partial charge in [0.25, 0.3) is 0 Å². The fourth-order valence-electron chi connectivity index (χ4n) is 2.41. The molecule has 0 radical (unpaired) electrons. The van der Waals surface area contributed by atoms with Gasteiger partial charge in [-0.2, -0.15) is 0 Å². The molecule has 0 spiro atoms. The van der Waals surface area contributed by atoms with Crippen LogP contribution in [-0.4, -0.2) is 5.91 Å². The summed E-state index contributed by atoms with van der Waals surface area (Å²) in [5.41, 5.74) is 6.37. The van der Waals surface area contributed by atoms with Gasteiger partial charge in [-0.05, 0) is 36.5 Å². The van der Waals surface area contributed by atoms with Gasteiger partial charge in [-0.15, -0.1) is 0 Å². The molecule has 2 unspecified atom stereocenters. The standard InChI is InChI=1S/C12H14FNO/c13-9-6-4-8(5-7-9)10-2-1-3-11(10)12(14)15/h4-7,10-11H,1-3H2,(H2,14,15). The first-order valence-corrected chi connectivity index (χ1v) is 5.23. The van der Waals surface area contributed by atoms with E-state index in [2.05, 4.69) is 0 Å². The molecule has 0 aliphatic heterocycles. The maximum Gasteiger partial charge on any atom is 0.221 e. The second-order valence-corrected chi connectivity index (χ2v) is 4.10. The highest BCUT2D eigenvalue weighted by Crippen LogP contribution is 2.39. The molecule has 80 valence electrons. The molecule has 0 aromatic heterocycles. The first kappa shape index (κ1) is 10.1. The summed E-state index contributed by atoms with van der Waals surface area (Å²) in [6.45, 7) is 0. The van der Waals surface area contributed by atoms with Gasteiger partial charge in [0.2, 0.25) is 5.91 Å². The third kappa shape index (κ3) is 2.01. The molecule has 15 heavy (non-hydrogen) atoms. The molecule has 2 nitrogen and oxygen atoms in total. The number of amides is 1. The Morgan fingerprint density at radius 2 is 1.93 bits per heavy atom. The quantitative estimate of drug-likeness (QED) is 0.793. The van der Waals surface area contributed by atoms with Gasteiger partial charge in [0.05, 0.1) is 0 Å². The van der Waals surface area contributed by atoms with Crippen molar-refractivity contribution in [2.45, 2.75) is 25.2 Å². The van der Waals surface area contributed by atoms with Crippen LogP contribution in [0.3, 0.4) is 0 Å². The van der Waals surface area contributed by atoms with Gasteiger partial charge < -0.3 is 5.73 Å². The van der Waals surface area contributed by atoms with Crippen LogP contribution in [0.25, 0.3) is 0 Å². The molecular formula is C12H14FNO. The zero-order valence-corrected chi connectivity index (χ0v) is 8.45. The first-order chi connectivity index (χ1) is 7.18. The van der Waals surface area contributed by atoms with E-state index in [-0.39, 0.29) is 23.6 Å². The van der Waals surface area contributed by atoms with Crippen LogP contribution < -0.4 is 5.73 Å². The number of halogens is 1. The molecule has 2 atom stereocenters. The topological polar surface area (TPSA) is 43.1 Å². The number of benzene rings is 1. The first-order valence-electron chi connectivity index (χ1n) is 5.23. The zero-order chi connectivity index (χ0) is 10.8. The maximum absolute atomic E-state index is 12.7. The van der Waals surface area contributed by atoms with Crippen molar-refractivity contribution in [1.82, 2.24) is 0 Å². The molecule has 0 heterocycles. The molecule has 2 N–H and O–H groups in total. The Morgan fingerprint density at radius 3 is 2.53 bits per heavy atom. The monoisotopic (exact) mass is 207 g/mol. The van der Waals surface area contributed by atoms with E-state index in [0.29, 0.717) is 0 Å². The van der Waals surface area contributed by atoms with Crippen LogP contribution in [0.5, 0.6) is 0 Å². The number of primary amides is 1. The molecule has 1 saturated carbocycles. The summed E-state index contributed by atoms with van der Waals surface area (Å²) >= 11 is 0. The molecular weight excluding hydrogens is 193 g/mol. The van der Waals surface area contributed by atoms with Crippen molar-refractivity contribution in [2.75, 3.05) is 0 Å². The Morgan fingerprint density at radius 1 is 1.27 bits per heavy atom. The fourth-order valence-corrected chi connectivity index (χ4v) is 2.41. The molecule has 1 amide bonds. The van der Waals surface area contributed by atoms with E-state index < -0.39 is 0 Å². The normalized spacial score (nSPS) is 25.4. The highest BCUT2D eigenvalue weighted by atomic mass is 19.1. The summed E-state index contributed by atoms with van der Waals surface area (Å²) in [7, 11) is 0. The lowest BCUT2D eigenvalue weighted by Gasteiger charge is -2.16. The van der Waals surface area contributed by atoms with E-state index in [0.717, 1.165) is 24.8 Å². The van der Waals surface area contributed by atoms with E-state index in [1.165, 1.54) is 12.1 Å². The second kappa shape index (κ2) is 4.01. The van der Waals surface area contributed by atoms with Gasteiger partial charge in [0.15, 0.2) is 0 Å². The van der Waals surface area contributed by atoms with E-state index in [1.807, 2.05) is 0 Å². The van der Waals surface area contributed by atoms with Crippen molar-refractivity contribution in [3.8, 4) is 0 Å². The Hall–Kier alpha value is -1.38. The number of carbonyl (C=O) groups excluding carboxylic acids is 1. The van der Waals surface area contributed by atoms with Gasteiger partial charge >= 0.3 is 0 Å². The molecule has 1 aliphatic carbocycles. The third-order valence-electron chi connectivity index (χ3n) is 3.18. The van der Waals surface area contributed by atoms with E-state index in [4.69, 9.17) is 5.73 Å². The SMILES string of the molecule is NC(=O)C1CCCC1c1ccc(F)cc1. The van der Waals surface area contributed by atoms with Gasteiger partial charge in [-0.1, -0.05) is 18.6 Å². The van der Waals surface area contributed by atoms with Crippen molar-refractivity contribution in [3.05, 3.63) is 35.6 Å². The van der Waals surface area contributed by atoms with E-state index in [9.17, 15) is 9.18 Å². The van der Waals surface area contributed by atoms with Gasteiger partial charge in [0.1, 0.15) is 5.82 Å². The smallest absolute Gasteiger partial charge is 0.221 e. The number of nitrogens with two attached hydrogens (primary N) is 1. The third-order valence-corrected chi connectivity index (χ3v) is 3.18. The lowest BCUT2D eigenvalue weighted by atomic mass is 9.88. The van der Waals surface area contributed by atoms with Crippen LogP contribution in [0.4, 0.5) is 4.39 Å². The fraction of sp³-hybridized carbons (Fsp3) is 0.417. The highest BCUT2D eigenvalue weighted by Gasteiger charge is 2.32. The van der Waals surface area contributed by atoms with Crippen LogP contribution in [0.15, 0.2) is 24.3 Å². The summed E-state index contributed by atoms with van der Waals surface area (Å²) in [5.74, 6) is -0.368. The van der Waals surface area contributed by atoms with Crippen LogP contribution >= 0.6 is 0 Å². The van der Waals surface area contributed by atoms with Crippen molar-refractivity contribution < 1.29 is 9.18 Å². The average molecular weight is 207 g/mol. The van der Waals surface area contributed by atoms with Gasteiger partial charge in [-0.3, -0.25) is 4.79 Å². The van der Waals surface area contributed by atoms with Crippen LogP contribution in [0.2, 0.25) is 0 Å². The lowest BCUT2D eigenvalue weighted by molar-refractivity contribution is -0.122. The highest BCUT2D eigenvalue weighted by molar-refractivity contribution is 5.78. The predicted octanol–water partition coefficient (Wildman–Crippen LogP) is 2.19. The number of hydrogen-bond donors (Lipinski definition) is 1. The molecule has 1 aromatic carbocycles. The van der Waals surface area contributed by atoms with E-state index >= 15 is 0 Å². The number of hydrogen-bond acceptors (Lipinski definition) is 1. The van der Waals surface area contributed by atoms with Crippen LogP contribution in [-0.2, 0) is 4.79 Å². The molecule has 1 fully saturated rings. The maximum atomic E-state index is 12.7. The Balaban J connectivity index is 2.22. The Bertz CT molecular complexity index is 360. The second-order valence-electron chi connectivity index (χ2n) is 4.10. The predicted molar refractivity (Wildman–Crippen MR) is 55.7 cm³/mol. The van der Waals surface area contributed by atoms with Crippen molar-refractivity contribution in [3.63, 3.8) is 0 Å². The minimum Gasteiger partial charge on any atom is -0.369 e. The molecule has 1 aromatic rings. The average Bonchev–Trinajstić information content (AvgIpc) is 2.67. The summed E-state index contributed by atoms with van der Waals surface area (Å²) in [4.78, 5) is 11.2. The summed E-state index contributed by atoms with van der Waals surface area (Å²) < 4.78 is 12.7. The van der Waals surface area contributed by atoms with Crippen molar-refractivity contribution in [1.29, 1.82) is 0 Å². The largest absolute Gasteiger partial charge is 0.369 e. The molecule has 3 heteroatoms. The molecule has 1 aliphatic rings. The van der Waals surface area contributed by atoms with Crippen molar-refractivity contribution >= 4 is 5.91 Å². The summed E-state index contributed by atoms with van der Waals surface area (Å²) in [6.07, 6.45) is 2.85. The summed E-state index contributed by atoms with van der Waals surface area (Å²) in [6, 6.07) is 6.37. The Kier molecular flexibility index (Phi) is 2.71. The Labute approximate surface area is 88.3 Å².